The number of hydrogen-bond donors (Lipinski definition) is 0. The molecule has 1 aromatic carbocycles. The third-order valence-corrected chi connectivity index (χ3v) is 8.26. The molecule has 0 radical (unpaired) electrons. The van der Waals surface area contributed by atoms with Crippen molar-refractivity contribution in [2.24, 2.45) is 5.92 Å². The molecule has 1 amide bonds. The molecule has 180 valence electrons. The number of ether oxygens (including phenoxy) is 1. The Morgan fingerprint density at radius 2 is 1.88 bits per heavy atom. The van der Waals surface area contributed by atoms with E-state index in [0.29, 0.717) is 6.42 Å². The number of benzene rings is 1. The number of rotatable bonds is 5. The summed E-state index contributed by atoms with van der Waals surface area (Å²) in [5.74, 6) is 4.03. The monoisotopic (exact) mass is 478 g/mol. The van der Waals surface area contributed by atoms with E-state index in [-0.39, 0.29) is 11.8 Å². The minimum Gasteiger partial charge on any atom is -0.497 e. The molecule has 1 atom stereocenters. The average Bonchev–Trinajstić information content (AvgIpc) is 3.21. The van der Waals surface area contributed by atoms with Crippen molar-refractivity contribution in [1.82, 2.24) is 14.9 Å². The summed E-state index contributed by atoms with van der Waals surface area (Å²) in [7, 11) is 1.65. The van der Waals surface area contributed by atoms with E-state index < -0.39 is 0 Å². The molecule has 5 rings (SSSR count). The maximum atomic E-state index is 13.0. The maximum absolute atomic E-state index is 13.0. The molecule has 0 bridgehead atoms. The van der Waals surface area contributed by atoms with Crippen molar-refractivity contribution in [3.8, 4) is 5.75 Å². The number of thiophene rings is 1. The lowest BCUT2D eigenvalue weighted by atomic mass is 9.89. The Kier molecular flexibility index (Phi) is 6.47. The van der Waals surface area contributed by atoms with Gasteiger partial charge in [0.05, 0.1) is 18.9 Å². The van der Waals surface area contributed by atoms with Crippen LogP contribution in [0.4, 0.5) is 5.82 Å². The third kappa shape index (κ3) is 4.50. The third-order valence-electron chi connectivity index (χ3n) is 7.12. The second kappa shape index (κ2) is 9.53. The zero-order valence-corrected chi connectivity index (χ0v) is 21.5. The highest BCUT2D eigenvalue weighted by Gasteiger charge is 2.29. The van der Waals surface area contributed by atoms with Gasteiger partial charge in [0, 0.05) is 37.0 Å². The molecular weight excluding hydrogens is 444 g/mol. The second-order valence-corrected chi connectivity index (χ2v) is 11.1. The predicted molar refractivity (Wildman–Crippen MR) is 138 cm³/mol. The lowest BCUT2D eigenvalue weighted by Crippen LogP contribution is -2.49. The van der Waals surface area contributed by atoms with Gasteiger partial charge in [-0.25, -0.2) is 9.97 Å². The lowest BCUT2D eigenvalue weighted by molar-refractivity contribution is -0.130. The number of aryl methyl sites for hydroxylation is 1. The van der Waals surface area contributed by atoms with Crippen LogP contribution in [0.3, 0.4) is 0 Å². The summed E-state index contributed by atoms with van der Waals surface area (Å²) in [4.78, 5) is 30.0. The first-order chi connectivity index (χ1) is 16.4. The van der Waals surface area contributed by atoms with Gasteiger partial charge in [0.25, 0.3) is 0 Å². The lowest BCUT2D eigenvalue weighted by Gasteiger charge is -2.36. The van der Waals surface area contributed by atoms with Crippen LogP contribution in [0.15, 0.2) is 24.3 Å². The van der Waals surface area contributed by atoms with Gasteiger partial charge in [0.15, 0.2) is 0 Å². The van der Waals surface area contributed by atoms with Crippen molar-refractivity contribution in [2.75, 3.05) is 38.2 Å². The smallest absolute Gasteiger partial charge is 0.227 e. The first-order valence-electron chi connectivity index (χ1n) is 12.4. The van der Waals surface area contributed by atoms with E-state index in [1.54, 1.807) is 7.11 Å². The number of piperazine rings is 1. The molecule has 2 aromatic heterocycles. The summed E-state index contributed by atoms with van der Waals surface area (Å²) in [5, 5.41) is 1.27. The summed E-state index contributed by atoms with van der Waals surface area (Å²) in [6.07, 6.45) is 3.93. The summed E-state index contributed by atoms with van der Waals surface area (Å²) in [6.45, 7) is 9.73. The van der Waals surface area contributed by atoms with Crippen LogP contribution in [0.5, 0.6) is 5.75 Å². The predicted octanol–water partition coefficient (Wildman–Crippen LogP) is 4.84. The number of carbonyl (C=O) groups excluding carboxylic acids is 1. The fourth-order valence-electron chi connectivity index (χ4n) is 5.02. The van der Waals surface area contributed by atoms with Gasteiger partial charge in [0.1, 0.15) is 22.2 Å². The zero-order chi connectivity index (χ0) is 23.8. The van der Waals surface area contributed by atoms with E-state index in [4.69, 9.17) is 14.7 Å². The van der Waals surface area contributed by atoms with Crippen LogP contribution >= 0.6 is 11.3 Å². The van der Waals surface area contributed by atoms with Gasteiger partial charge >= 0.3 is 0 Å². The number of hydrogen-bond acceptors (Lipinski definition) is 6. The van der Waals surface area contributed by atoms with Gasteiger partial charge in [-0.3, -0.25) is 4.79 Å². The summed E-state index contributed by atoms with van der Waals surface area (Å²) in [5.41, 5.74) is 2.49. The number of carbonyl (C=O) groups is 1. The Labute approximate surface area is 206 Å². The summed E-state index contributed by atoms with van der Waals surface area (Å²) < 4.78 is 5.22. The van der Waals surface area contributed by atoms with Crippen LogP contribution < -0.4 is 9.64 Å². The molecule has 3 aromatic rings. The molecule has 0 unspecified atom stereocenters. The summed E-state index contributed by atoms with van der Waals surface area (Å²) in [6, 6.07) is 7.77. The Hall–Kier alpha value is -2.67. The highest BCUT2D eigenvalue weighted by molar-refractivity contribution is 7.19. The number of methoxy groups -OCH3 is 1. The van der Waals surface area contributed by atoms with Gasteiger partial charge in [-0.05, 0) is 48.4 Å². The standard InChI is InChI=1S/C27H34N4O2S/c1-17(2)25-28-26(24-21-10-5-18(3)15-22(21)34-27(24)29-25)31-13-11-30(12-14-31)23(32)16-19-6-8-20(33-4)9-7-19/h6-9,17-18H,5,10-16H2,1-4H3/t18-/m1/s1. The Morgan fingerprint density at radius 3 is 2.56 bits per heavy atom. The van der Waals surface area contributed by atoms with E-state index in [2.05, 4.69) is 25.7 Å². The number of fused-ring (bicyclic) bond motifs is 3. The quantitative estimate of drug-likeness (QED) is 0.525. The molecule has 1 aliphatic heterocycles. The molecule has 34 heavy (non-hydrogen) atoms. The molecule has 6 nitrogen and oxygen atoms in total. The first kappa shape index (κ1) is 23.1. The van der Waals surface area contributed by atoms with Crippen molar-refractivity contribution in [1.29, 1.82) is 0 Å². The molecule has 1 saturated heterocycles. The van der Waals surface area contributed by atoms with Crippen molar-refractivity contribution in [2.45, 2.75) is 52.4 Å². The molecule has 0 spiro atoms. The van der Waals surface area contributed by atoms with Gasteiger partial charge in [0.2, 0.25) is 5.91 Å². The Morgan fingerprint density at radius 1 is 1.15 bits per heavy atom. The number of aromatic nitrogens is 2. The van der Waals surface area contributed by atoms with Crippen LogP contribution in [0.25, 0.3) is 10.2 Å². The molecule has 0 N–H and O–H groups in total. The number of nitrogens with zero attached hydrogens (tertiary/aromatic N) is 4. The molecular formula is C27H34N4O2S. The van der Waals surface area contributed by atoms with E-state index >= 15 is 0 Å². The van der Waals surface area contributed by atoms with Crippen molar-refractivity contribution >= 4 is 33.3 Å². The van der Waals surface area contributed by atoms with Crippen molar-refractivity contribution < 1.29 is 9.53 Å². The van der Waals surface area contributed by atoms with Gasteiger partial charge in [-0.1, -0.05) is 32.9 Å². The topological polar surface area (TPSA) is 58.6 Å². The van der Waals surface area contributed by atoms with Crippen LogP contribution in [0.1, 0.15) is 54.9 Å². The summed E-state index contributed by atoms with van der Waals surface area (Å²) >= 11 is 1.87. The maximum Gasteiger partial charge on any atom is 0.227 e. The zero-order valence-electron chi connectivity index (χ0n) is 20.6. The van der Waals surface area contributed by atoms with Crippen LogP contribution in [0, 0.1) is 5.92 Å². The fourth-order valence-corrected chi connectivity index (χ4v) is 6.41. The molecule has 0 saturated carbocycles. The molecule has 3 heterocycles. The first-order valence-corrected chi connectivity index (χ1v) is 13.2. The van der Waals surface area contributed by atoms with Crippen LogP contribution in [-0.4, -0.2) is 54.1 Å². The normalized spacial score (nSPS) is 18.4. The van der Waals surface area contributed by atoms with Crippen molar-refractivity contribution in [3.05, 3.63) is 46.1 Å². The molecule has 1 aliphatic carbocycles. The number of amides is 1. The Balaban J connectivity index is 1.35. The SMILES string of the molecule is COc1ccc(CC(=O)N2CCN(c3nc(C(C)C)nc4sc5c(c34)CC[C@@H](C)C5)CC2)cc1. The minimum atomic E-state index is 0.183. The van der Waals surface area contributed by atoms with Crippen LogP contribution in [0.2, 0.25) is 0 Å². The van der Waals surface area contributed by atoms with Crippen molar-refractivity contribution in [3.63, 3.8) is 0 Å². The highest BCUT2D eigenvalue weighted by atomic mass is 32.1. The Bertz CT molecular complexity index is 1180. The second-order valence-electron chi connectivity index (χ2n) is 9.98. The minimum absolute atomic E-state index is 0.183. The van der Waals surface area contributed by atoms with Gasteiger partial charge in [-0.2, -0.15) is 0 Å². The van der Waals surface area contributed by atoms with E-state index in [1.165, 1.54) is 22.2 Å². The fraction of sp³-hybridized carbons (Fsp3) is 0.519. The van der Waals surface area contributed by atoms with E-state index in [9.17, 15) is 4.79 Å². The molecule has 1 fully saturated rings. The van der Waals surface area contributed by atoms with Gasteiger partial charge in [-0.15, -0.1) is 11.3 Å². The molecule has 2 aliphatic rings. The highest BCUT2D eigenvalue weighted by Crippen LogP contribution is 2.41. The van der Waals surface area contributed by atoms with Gasteiger partial charge < -0.3 is 14.5 Å². The average molecular weight is 479 g/mol. The molecule has 7 heteroatoms. The van der Waals surface area contributed by atoms with Crippen LogP contribution in [-0.2, 0) is 24.1 Å². The van der Waals surface area contributed by atoms with E-state index in [1.807, 2.05) is 40.5 Å². The largest absolute Gasteiger partial charge is 0.497 e. The van der Waals surface area contributed by atoms with E-state index in [0.717, 1.165) is 72.7 Å². The number of anilines is 1.